The normalized spacial score (nSPS) is 27.8. The monoisotopic (exact) mass is 1830 g/mol. The first kappa shape index (κ1) is 97.6. The molecule has 133 heavy (non-hydrogen) atoms. The van der Waals surface area contributed by atoms with Crippen molar-refractivity contribution in [1.29, 1.82) is 0 Å². The van der Waals surface area contributed by atoms with Gasteiger partial charge in [-0.2, -0.15) is 10.1 Å². The molecule has 7 N–H and O–H groups in total. The van der Waals surface area contributed by atoms with Crippen molar-refractivity contribution in [3.05, 3.63) is 143 Å². The first-order valence-electron chi connectivity index (χ1n) is 46.7. The number of oxazole rings is 1. The average Bonchev–Trinajstić information content (AvgIpc) is 1.74. The average molecular weight is 1830 g/mol. The standard InChI is InChI=1S/C97H128N18O18/c1-58-16-12-11-13-17-59(2)78(126-8)48-72-24-19-64(7)97(125,133-72)87(120)91(122)114-29-15-14-18-74(114)92(123)130-79(61(4)44-65-21-25-75(116)80(46-65)127-9)49-76(117)60(3)43-63(6)85(86(128-10)84(119)62(5)42-58)132-96(124)104-52-67-50-100-94(101-51-67)112-37-35-110(36-38-112)81(118)28-40-129-41-39-109-31-33-111(34-32-109)95-102-53-71(54-103-95)90(121)113-30-27-68-45-66(20-22-70(68)56-113)55-115-89-82(88(98)105-57-106-89)83(108-115)69-23-26-77-73(47-69)107-93(99)131-77/h11-13,16-17,20,22-23,26,43,45,47,50-51,53-54,57-58,60-62,64-65,72,74-75,78-80,85-86,116,125H,14-15,18-19,21,24-25,27-42,44,46,48-49,52,55-56H2,1-10H3,(H2,99,107)(H,104,124)(H2,98,105,106)/b13-11+,16-12+,59-17+,63-43+/t58-,60-,61-,62-,64-,65+,72+,74+,75-,78+,79+,80-,85-,86+,97-/m1/s1. The van der Waals surface area contributed by atoms with Gasteiger partial charge in [-0.3, -0.25) is 33.7 Å². The molecule has 11 heterocycles. The van der Waals surface area contributed by atoms with Crippen molar-refractivity contribution < 1.29 is 86.1 Å². The number of aliphatic hydroxyl groups excluding tert-OH is 1. The molecule has 5 fully saturated rings. The second kappa shape index (κ2) is 44.6. The lowest BCUT2D eigenvalue weighted by Crippen LogP contribution is -2.61. The fraction of sp³-hybridized carbons (Fsp3) is 0.567. The Morgan fingerprint density at radius 1 is 0.729 bits per heavy atom. The Hall–Kier alpha value is -11.4. The minimum absolute atomic E-state index is 0.0110. The highest BCUT2D eigenvalue weighted by atomic mass is 16.6. The number of hydrogen-bond acceptors (Lipinski definition) is 31. The number of amides is 4. The van der Waals surface area contributed by atoms with Gasteiger partial charge < -0.3 is 89.1 Å². The number of fused-ring (bicyclic) bond motifs is 6. The summed E-state index contributed by atoms with van der Waals surface area (Å²) in [6.07, 6.45) is 17.6. The Balaban J connectivity index is 0.539. The van der Waals surface area contributed by atoms with Gasteiger partial charge in [0.15, 0.2) is 29.2 Å². The predicted molar refractivity (Wildman–Crippen MR) is 494 cm³/mol. The molecule has 1 aliphatic carbocycles. The number of benzene rings is 2. The minimum Gasteiger partial charge on any atom is -0.460 e. The number of allylic oxidation sites excluding steroid dienone is 6. The maximum atomic E-state index is 14.9. The Morgan fingerprint density at radius 2 is 1.47 bits per heavy atom. The predicted octanol–water partition coefficient (Wildman–Crippen LogP) is 8.93. The van der Waals surface area contributed by atoms with Gasteiger partial charge in [0.2, 0.25) is 23.6 Å². The number of hydrogen-bond donors (Lipinski definition) is 5. The number of piperazine rings is 2. The number of ether oxygens (including phenoxy) is 7. The Morgan fingerprint density at radius 3 is 2.21 bits per heavy atom. The highest BCUT2D eigenvalue weighted by Crippen LogP contribution is 2.40. The van der Waals surface area contributed by atoms with Crippen LogP contribution in [-0.2, 0) is 88.0 Å². The van der Waals surface area contributed by atoms with E-state index in [1.54, 1.807) is 78.8 Å². The number of aromatic nitrogens is 9. The van der Waals surface area contributed by atoms with Crippen LogP contribution in [0.15, 0.2) is 120 Å². The fourth-order valence-corrected chi connectivity index (χ4v) is 19.4. The van der Waals surface area contributed by atoms with Crippen molar-refractivity contribution >= 4 is 93.0 Å². The quantitative estimate of drug-likeness (QED) is 0.0194. The zero-order valence-electron chi connectivity index (χ0n) is 77.9. The molecule has 7 aliphatic rings. The highest BCUT2D eigenvalue weighted by Gasteiger charge is 2.53. The van der Waals surface area contributed by atoms with E-state index in [4.69, 9.17) is 54.1 Å². The van der Waals surface area contributed by atoms with E-state index >= 15 is 0 Å². The third kappa shape index (κ3) is 23.9. The molecule has 714 valence electrons. The number of Topliss-reactive ketones (excluding diaryl/α,β-unsaturated/α-hetero) is 3. The fourth-order valence-electron chi connectivity index (χ4n) is 19.4. The number of ketones is 3. The summed E-state index contributed by atoms with van der Waals surface area (Å²) in [5.41, 5.74) is 20.8. The molecule has 15 atom stereocenters. The van der Waals surface area contributed by atoms with Crippen LogP contribution in [0.2, 0.25) is 0 Å². The highest BCUT2D eigenvalue weighted by molar-refractivity contribution is 6.39. The van der Waals surface area contributed by atoms with E-state index in [2.05, 4.69) is 62.1 Å². The number of esters is 1. The smallest absolute Gasteiger partial charge is 0.408 e. The number of cyclic esters (lactones) is 1. The van der Waals surface area contributed by atoms with Crippen LogP contribution in [0.3, 0.4) is 0 Å². The number of alkyl carbamates (subject to hydrolysis) is 1. The molecular formula is C97H128N18O18. The van der Waals surface area contributed by atoms with Gasteiger partial charge in [0.25, 0.3) is 23.6 Å². The largest absolute Gasteiger partial charge is 0.460 e. The second-order valence-electron chi connectivity index (χ2n) is 36.8. The van der Waals surface area contributed by atoms with E-state index in [1.807, 2.05) is 88.7 Å². The molecule has 7 aromatic rings. The van der Waals surface area contributed by atoms with Crippen LogP contribution >= 0.6 is 0 Å². The van der Waals surface area contributed by atoms with E-state index in [1.165, 1.54) is 18.3 Å². The molecule has 4 saturated heterocycles. The number of rotatable bonds is 21. The molecule has 6 aliphatic heterocycles. The third-order valence-electron chi connectivity index (χ3n) is 27.4. The topological polar surface area (TPSA) is 446 Å². The Kier molecular flexibility index (Phi) is 32.8. The number of nitrogens with zero attached hydrogens (tertiary/aromatic N) is 15. The number of nitrogen functional groups attached to an aromatic ring is 2. The first-order chi connectivity index (χ1) is 64.0. The molecule has 36 nitrogen and oxygen atoms in total. The lowest BCUT2D eigenvalue weighted by Gasteiger charge is -2.42. The van der Waals surface area contributed by atoms with Crippen molar-refractivity contribution in [2.24, 2.45) is 35.5 Å². The second-order valence-corrected chi connectivity index (χ2v) is 36.8. The molecule has 0 spiro atoms. The molecule has 36 heteroatoms. The maximum absolute atomic E-state index is 14.9. The van der Waals surface area contributed by atoms with Gasteiger partial charge in [-0.1, -0.05) is 89.3 Å². The van der Waals surface area contributed by atoms with Crippen molar-refractivity contribution in [3.8, 4) is 11.3 Å². The van der Waals surface area contributed by atoms with Crippen molar-refractivity contribution in [2.75, 3.05) is 128 Å². The number of nitrogens with two attached hydrogens (primary N) is 2. The van der Waals surface area contributed by atoms with Crippen LogP contribution in [0, 0.1) is 35.5 Å². The number of carbonyl (C=O) groups is 8. The summed E-state index contributed by atoms with van der Waals surface area (Å²) in [4.78, 5) is 158. The number of nitrogens with one attached hydrogen (secondary N) is 1. The zero-order chi connectivity index (χ0) is 94.3. The van der Waals surface area contributed by atoms with Gasteiger partial charge in [-0.25, -0.2) is 44.2 Å². The van der Waals surface area contributed by atoms with Crippen molar-refractivity contribution in [2.45, 2.75) is 213 Å². The van der Waals surface area contributed by atoms with Gasteiger partial charge in [-0.15, -0.1) is 0 Å². The van der Waals surface area contributed by atoms with Gasteiger partial charge in [0.05, 0.1) is 61.5 Å². The van der Waals surface area contributed by atoms with E-state index in [9.17, 15) is 48.6 Å². The van der Waals surface area contributed by atoms with Crippen molar-refractivity contribution in [3.63, 3.8) is 0 Å². The van der Waals surface area contributed by atoms with Crippen LogP contribution in [0.1, 0.15) is 165 Å². The molecule has 0 radical (unpaired) electrons. The maximum Gasteiger partial charge on any atom is 0.408 e. The van der Waals surface area contributed by atoms with E-state index in [0.717, 1.165) is 40.9 Å². The summed E-state index contributed by atoms with van der Waals surface area (Å²) >= 11 is 0. The Bertz CT molecular complexity index is 5400. The summed E-state index contributed by atoms with van der Waals surface area (Å²) < 4.78 is 49.8. The van der Waals surface area contributed by atoms with E-state index in [0.29, 0.717) is 199 Å². The number of carbonyl (C=O) groups excluding carboxylic acids is 8. The SMILES string of the molecule is CO[C@H]1C[C@@H]2CC[C@@H](C)[C@@](O)(O2)C(=O)C(=O)N2CCCC[C@H]2C(=O)O[C@H]([C@H](C)C[C@@H]2CC[C@@H](O)[C@H](OC)C2)CC(=O)[C@H](C)/C=C(\C)[C@@H](OC(=O)NCc2cnc(N3CCN(C(=O)CCOCCN4CCN(c5ncc(C(=O)N6CCc7cc(Cn8nc(-c9ccc%10oc(N)nc%10c9)c9c(N)ncnc98)ccc7C6)cn5)CC4)CC3)nc2)[C@@H](OC)C(=O)[C@H](C)C[C@H](C)/C=C/C=C/C=C/1C. The summed E-state index contributed by atoms with van der Waals surface area (Å²) in [5, 5.41) is 31.3. The summed E-state index contributed by atoms with van der Waals surface area (Å²) in [7, 11) is 4.48. The third-order valence-corrected chi connectivity index (χ3v) is 27.4. The van der Waals surface area contributed by atoms with E-state index < -0.39 is 102 Å². The summed E-state index contributed by atoms with van der Waals surface area (Å²) in [5.74, 6) is -7.85. The molecular weight excluding hydrogens is 1710 g/mol. The lowest BCUT2D eigenvalue weighted by atomic mass is 9.78. The molecule has 14 rings (SSSR count). The van der Waals surface area contributed by atoms with Crippen LogP contribution in [0.25, 0.3) is 33.4 Å². The van der Waals surface area contributed by atoms with Crippen LogP contribution in [0.4, 0.5) is 28.5 Å². The molecule has 4 amide bonds. The molecule has 1 saturated carbocycles. The minimum atomic E-state index is -2.49. The number of anilines is 4. The van der Waals surface area contributed by atoms with Crippen LogP contribution in [0.5, 0.6) is 0 Å². The molecule has 2 aromatic carbocycles. The molecule has 0 unspecified atom stereocenters. The molecule has 2 bridgehead atoms. The van der Waals surface area contributed by atoms with Crippen molar-refractivity contribution in [1.82, 2.24) is 69.6 Å². The van der Waals surface area contributed by atoms with Gasteiger partial charge >= 0.3 is 12.1 Å². The van der Waals surface area contributed by atoms with Gasteiger partial charge in [0, 0.05) is 173 Å². The summed E-state index contributed by atoms with van der Waals surface area (Å²) in [6, 6.07) is 10.7. The van der Waals surface area contributed by atoms with Crippen LogP contribution in [-0.4, -0.2) is 283 Å². The zero-order valence-corrected chi connectivity index (χ0v) is 77.9. The lowest BCUT2D eigenvalue weighted by molar-refractivity contribution is -0.265. The first-order valence-corrected chi connectivity index (χ1v) is 46.7. The number of aliphatic hydroxyl groups is 2. The Labute approximate surface area is 775 Å². The van der Waals surface area contributed by atoms with E-state index in [-0.39, 0.29) is 86.6 Å². The van der Waals surface area contributed by atoms with Gasteiger partial charge in [0.1, 0.15) is 41.3 Å². The number of methoxy groups -OCH3 is 3. The summed E-state index contributed by atoms with van der Waals surface area (Å²) in [6.45, 7) is 20.2. The molecule has 5 aromatic heterocycles. The van der Waals surface area contributed by atoms with Gasteiger partial charge in [-0.05, 0) is 148 Å². The van der Waals surface area contributed by atoms with Crippen LogP contribution < -0.4 is 26.6 Å². The number of piperidine rings is 1.